The van der Waals surface area contributed by atoms with E-state index in [2.05, 4.69) is 30.3 Å². The van der Waals surface area contributed by atoms with Crippen LogP contribution < -0.4 is 11.5 Å². The predicted octanol–water partition coefficient (Wildman–Crippen LogP) is 1.84. The smallest absolute Gasteiger partial charge is 0.00843 e. The minimum absolute atomic E-state index is 0.273. The summed E-state index contributed by atoms with van der Waals surface area (Å²) in [6, 6.07) is 14.7. The first kappa shape index (κ1) is 10.1. The van der Waals surface area contributed by atoms with Crippen molar-refractivity contribution in [2.45, 2.75) is 5.92 Å². The molecule has 2 heteroatoms. The number of hydrogen-bond acceptors (Lipinski definition) is 2. The first-order chi connectivity index (χ1) is 7.35. The van der Waals surface area contributed by atoms with E-state index in [1.165, 1.54) is 16.3 Å². The van der Waals surface area contributed by atoms with Gasteiger partial charge in [-0.15, -0.1) is 0 Å². The fraction of sp³-hybridized carbons (Fsp3) is 0.231. The van der Waals surface area contributed by atoms with Crippen LogP contribution in [0.4, 0.5) is 0 Å². The molecule has 2 aromatic carbocycles. The van der Waals surface area contributed by atoms with E-state index < -0.39 is 0 Å². The highest BCUT2D eigenvalue weighted by Crippen LogP contribution is 2.20. The quantitative estimate of drug-likeness (QED) is 0.794. The molecule has 0 aliphatic carbocycles. The van der Waals surface area contributed by atoms with Gasteiger partial charge in [-0.1, -0.05) is 42.5 Å². The Morgan fingerprint density at radius 2 is 1.53 bits per heavy atom. The monoisotopic (exact) mass is 200 g/mol. The second kappa shape index (κ2) is 4.43. The van der Waals surface area contributed by atoms with E-state index in [-0.39, 0.29) is 5.92 Å². The van der Waals surface area contributed by atoms with Gasteiger partial charge in [0.15, 0.2) is 0 Å². The molecule has 2 aromatic rings. The Hall–Kier alpha value is -1.38. The molecule has 0 aliphatic rings. The van der Waals surface area contributed by atoms with Crippen molar-refractivity contribution in [2.75, 3.05) is 13.1 Å². The maximum atomic E-state index is 5.68. The third-order valence-electron chi connectivity index (χ3n) is 2.81. The minimum Gasteiger partial charge on any atom is -0.330 e. The fourth-order valence-corrected chi connectivity index (χ4v) is 1.83. The molecule has 78 valence electrons. The first-order valence-corrected chi connectivity index (χ1v) is 5.24. The zero-order valence-electron chi connectivity index (χ0n) is 8.69. The Bertz CT molecular complexity index is 447. The zero-order chi connectivity index (χ0) is 10.7. The van der Waals surface area contributed by atoms with E-state index in [0.717, 1.165) is 0 Å². The molecular weight excluding hydrogens is 184 g/mol. The van der Waals surface area contributed by atoms with Gasteiger partial charge in [-0.25, -0.2) is 0 Å². The number of benzene rings is 2. The van der Waals surface area contributed by atoms with Crippen molar-refractivity contribution in [2.24, 2.45) is 11.5 Å². The van der Waals surface area contributed by atoms with Gasteiger partial charge in [0, 0.05) is 19.0 Å². The van der Waals surface area contributed by atoms with Crippen LogP contribution in [-0.2, 0) is 0 Å². The van der Waals surface area contributed by atoms with Crippen molar-refractivity contribution in [3.8, 4) is 0 Å². The molecule has 0 unspecified atom stereocenters. The molecule has 0 radical (unpaired) electrons. The molecule has 0 saturated carbocycles. The minimum atomic E-state index is 0.273. The standard InChI is InChI=1S/C13H16N2/c14-8-13(9-15)12-6-5-10-3-1-2-4-11(10)7-12/h1-7,13H,8-9,14-15H2. The summed E-state index contributed by atoms with van der Waals surface area (Å²) in [7, 11) is 0. The molecule has 0 spiro atoms. The summed E-state index contributed by atoms with van der Waals surface area (Å²) in [5.41, 5.74) is 12.6. The predicted molar refractivity (Wildman–Crippen MR) is 64.8 cm³/mol. The maximum Gasteiger partial charge on any atom is 0.00843 e. The molecule has 0 atom stereocenters. The van der Waals surface area contributed by atoms with Gasteiger partial charge in [-0.2, -0.15) is 0 Å². The fourth-order valence-electron chi connectivity index (χ4n) is 1.83. The Kier molecular flexibility index (Phi) is 2.99. The lowest BCUT2D eigenvalue weighted by molar-refractivity contribution is 0.709. The van der Waals surface area contributed by atoms with Crippen molar-refractivity contribution in [1.29, 1.82) is 0 Å². The summed E-state index contributed by atoms with van der Waals surface area (Å²) < 4.78 is 0. The Balaban J connectivity index is 2.46. The molecule has 0 amide bonds. The van der Waals surface area contributed by atoms with Gasteiger partial charge in [-0.3, -0.25) is 0 Å². The normalized spacial score (nSPS) is 11.1. The van der Waals surface area contributed by atoms with Crippen LogP contribution in [0.25, 0.3) is 10.8 Å². The van der Waals surface area contributed by atoms with Crippen LogP contribution in [0.5, 0.6) is 0 Å². The van der Waals surface area contributed by atoms with Crippen molar-refractivity contribution >= 4 is 10.8 Å². The Labute approximate surface area is 89.9 Å². The Morgan fingerprint density at radius 1 is 0.867 bits per heavy atom. The lowest BCUT2D eigenvalue weighted by Crippen LogP contribution is -2.21. The van der Waals surface area contributed by atoms with E-state index >= 15 is 0 Å². The van der Waals surface area contributed by atoms with Crippen LogP contribution in [0, 0.1) is 0 Å². The molecule has 0 aliphatic heterocycles. The summed E-state index contributed by atoms with van der Waals surface area (Å²) in [5.74, 6) is 0.273. The third-order valence-corrected chi connectivity index (χ3v) is 2.81. The molecule has 0 saturated heterocycles. The van der Waals surface area contributed by atoms with Crippen molar-refractivity contribution < 1.29 is 0 Å². The van der Waals surface area contributed by atoms with E-state index in [1.54, 1.807) is 0 Å². The number of nitrogens with two attached hydrogens (primary N) is 2. The molecule has 0 aromatic heterocycles. The highest BCUT2D eigenvalue weighted by atomic mass is 14.6. The summed E-state index contributed by atoms with van der Waals surface area (Å²) in [6.07, 6.45) is 0. The van der Waals surface area contributed by atoms with Crippen LogP contribution in [0.1, 0.15) is 11.5 Å². The highest BCUT2D eigenvalue weighted by Gasteiger charge is 2.07. The zero-order valence-corrected chi connectivity index (χ0v) is 8.69. The summed E-state index contributed by atoms with van der Waals surface area (Å²) in [6.45, 7) is 1.21. The van der Waals surface area contributed by atoms with Gasteiger partial charge in [0.05, 0.1) is 0 Å². The average Bonchev–Trinajstić information content (AvgIpc) is 2.30. The summed E-state index contributed by atoms with van der Waals surface area (Å²) >= 11 is 0. The van der Waals surface area contributed by atoms with Gasteiger partial charge >= 0.3 is 0 Å². The van der Waals surface area contributed by atoms with Crippen molar-refractivity contribution in [3.05, 3.63) is 48.0 Å². The van der Waals surface area contributed by atoms with Crippen LogP contribution in [0.3, 0.4) is 0 Å². The van der Waals surface area contributed by atoms with Gasteiger partial charge in [0.2, 0.25) is 0 Å². The summed E-state index contributed by atoms with van der Waals surface area (Å²) in [5, 5.41) is 2.51. The molecule has 15 heavy (non-hydrogen) atoms. The Morgan fingerprint density at radius 3 is 2.20 bits per heavy atom. The SMILES string of the molecule is NCC(CN)c1ccc2ccccc2c1. The molecule has 2 nitrogen and oxygen atoms in total. The van der Waals surface area contributed by atoms with E-state index in [4.69, 9.17) is 11.5 Å². The van der Waals surface area contributed by atoms with E-state index in [9.17, 15) is 0 Å². The van der Waals surface area contributed by atoms with Crippen molar-refractivity contribution in [1.82, 2.24) is 0 Å². The first-order valence-electron chi connectivity index (χ1n) is 5.24. The molecule has 2 rings (SSSR count). The molecule has 4 N–H and O–H groups in total. The van der Waals surface area contributed by atoms with E-state index in [0.29, 0.717) is 13.1 Å². The molecule has 0 heterocycles. The van der Waals surface area contributed by atoms with Gasteiger partial charge in [-0.05, 0) is 16.3 Å². The molecule has 0 bridgehead atoms. The molecule has 0 fully saturated rings. The third kappa shape index (κ3) is 2.01. The van der Waals surface area contributed by atoms with Gasteiger partial charge < -0.3 is 11.5 Å². The number of fused-ring (bicyclic) bond motifs is 1. The lowest BCUT2D eigenvalue weighted by Gasteiger charge is -2.13. The second-order valence-corrected chi connectivity index (χ2v) is 3.77. The second-order valence-electron chi connectivity index (χ2n) is 3.77. The molecular formula is C13H16N2. The largest absolute Gasteiger partial charge is 0.330 e. The van der Waals surface area contributed by atoms with Crippen molar-refractivity contribution in [3.63, 3.8) is 0 Å². The van der Waals surface area contributed by atoms with Crippen LogP contribution >= 0.6 is 0 Å². The lowest BCUT2D eigenvalue weighted by atomic mass is 9.96. The maximum absolute atomic E-state index is 5.68. The van der Waals surface area contributed by atoms with Crippen LogP contribution in [-0.4, -0.2) is 13.1 Å². The summed E-state index contributed by atoms with van der Waals surface area (Å²) in [4.78, 5) is 0. The average molecular weight is 200 g/mol. The van der Waals surface area contributed by atoms with E-state index in [1.807, 2.05) is 12.1 Å². The topological polar surface area (TPSA) is 52.0 Å². The van der Waals surface area contributed by atoms with Crippen LogP contribution in [0.15, 0.2) is 42.5 Å². The van der Waals surface area contributed by atoms with Gasteiger partial charge in [0.25, 0.3) is 0 Å². The highest BCUT2D eigenvalue weighted by molar-refractivity contribution is 5.83. The number of hydrogen-bond donors (Lipinski definition) is 2. The number of rotatable bonds is 3. The van der Waals surface area contributed by atoms with Gasteiger partial charge in [0.1, 0.15) is 0 Å². The van der Waals surface area contributed by atoms with Crippen LogP contribution in [0.2, 0.25) is 0 Å².